The molecule has 0 spiro atoms. The van der Waals surface area contributed by atoms with Gasteiger partial charge in [0.2, 0.25) is 0 Å². The molecule has 0 unspecified atom stereocenters. The maximum atomic E-state index is 4.93. The number of aromatic nitrogens is 1. The Morgan fingerprint density at radius 2 is 2.00 bits per heavy atom. The second-order valence-electron chi connectivity index (χ2n) is 7.21. The summed E-state index contributed by atoms with van der Waals surface area (Å²) in [5.41, 5.74) is 1.44. The molecule has 0 amide bonds. The fourth-order valence-electron chi connectivity index (χ4n) is 2.41. The maximum absolute atomic E-state index is 4.93. The van der Waals surface area contributed by atoms with Crippen LogP contribution in [0.1, 0.15) is 64.5 Å². The topological polar surface area (TPSA) is 28.2 Å². The minimum absolute atomic E-state index is 0.159. The third-order valence-electron chi connectivity index (χ3n) is 3.82. The Balaban J connectivity index is 2.09. The van der Waals surface area contributed by atoms with Crippen LogP contribution < -0.4 is 10.2 Å². The summed E-state index contributed by atoms with van der Waals surface area (Å²) in [5.74, 6) is 0.918. The fraction of sp³-hybridized carbons (Fsp3) is 0.824. The van der Waals surface area contributed by atoms with E-state index in [-0.39, 0.29) is 5.54 Å². The van der Waals surface area contributed by atoms with Crippen molar-refractivity contribution < 1.29 is 0 Å². The molecule has 1 N–H and O–H groups in total. The number of rotatable bonds is 8. The Kier molecular flexibility index (Phi) is 5.67. The van der Waals surface area contributed by atoms with Crippen LogP contribution in [0, 0.1) is 5.92 Å². The van der Waals surface area contributed by atoms with Gasteiger partial charge in [-0.1, -0.05) is 13.8 Å². The molecule has 1 heterocycles. The fourth-order valence-corrected chi connectivity index (χ4v) is 3.54. The highest BCUT2D eigenvalue weighted by atomic mass is 32.1. The third-order valence-corrected chi connectivity index (χ3v) is 4.98. The Morgan fingerprint density at radius 1 is 1.29 bits per heavy atom. The van der Waals surface area contributed by atoms with Crippen molar-refractivity contribution in [1.29, 1.82) is 0 Å². The highest BCUT2D eigenvalue weighted by molar-refractivity contribution is 7.15. The average molecular weight is 310 g/mol. The number of aryl methyl sites for hydroxylation is 1. The number of nitrogens with zero attached hydrogens (tertiary/aromatic N) is 2. The average Bonchev–Trinajstić information content (AvgIpc) is 3.13. The third kappa shape index (κ3) is 5.26. The van der Waals surface area contributed by atoms with Crippen LogP contribution in [0.15, 0.2) is 0 Å². The van der Waals surface area contributed by atoms with Gasteiger partial charge < -0.3 is 10.2 Å². The van der Waals surface area contributed by atoms with Crippen molar-refractivity contribution >= 4 is 16.5 Å². The molecule has 1 aliphatic carbocycles. The molecule has 21 heavy (non-hydrogen) atoms. The van der Waals surface area contributed by atoms with E-state index in [9.17, 15) is 0 Å². The highest BCUT2D eigenvalue weighted by Crippen LogP contribution is 2.34. The first kappa shape index (κ1) is 16.8. The second-order valence-corrected chi connectivity index (χ2v) is 8.27. The molecular formula is C17H31N3S. The van der Waals surface area contributed by atoms with E-state index in [1.165, 1.54) is 41.5 Å². The summed E-state index contributed by atoms with van der Waals surface area (Å²) < 4.78 is 0. The van der Waals surface area contributed by atoms with Crippen molar-refractivity contribution in [2.45, 2.75) is 72.4 Å². The number of nitrogens with one attached hydrogen (secondary N) is 1. The SMILES string of the molecule is CCCN(CC1CC1)c1nc(CC)c(CNC(C)(C)C)s1. The number of thiazole rings is 1. The van der Waals surface area contributed by atoms with Gasteiger partial charge in [0.15, 0.2) is 5.13 Å². The first-order valence-corrected chi connectivity index (χ1v) is 9.23. The molecule has 0 saturated heterocycles. The minimum atomic E-state index is 0.159. The van der Waals surface area contributed by atoms with Gasteiger partial charge in [0.25, 0.3) is 0 Å². The first-order chi connectivity index (χ1) is 9.93. The van der Waals surface area contributed by atoms with Crippen LogP contribution in [-0.2, 0) is 13.0 Å². The number of hydrogen-bond donors (Lipinski definition) is 1. The largest absolute Gasteiger partial charge is 0.348 e. The first-order valence-electron chi connectivity index (χ1n) is 8.41. The highest BCUT2D eigenvalue weighted by Gasteiger charge is 2.26. The van der Waals surface area contributed by atoms with E-state index in [0.717, 1.165) is 25.4 Å². The van der Waals surface area contributed by atoms with Crippen molar-refractivity contribution in [1.82, 2.24) is 10.3 Å². The molecule has 3 nitrogen and oxygen atoms in total. The van der Waals surface area contributed by atoms with Gasteiger partial charge in [-0.2, -0.15) is 0 Å². The predicted molar refractivity (Wildman–Crippen MR) is 93.3 cm³/mol. The predicted octanol–water partition coefficient (Wildman–Crippen LogP) is 4.22. The molecule has 0 radical (unpaired) electrons. The Bertz CT molecular complexity index is 443. The molecule has 2 rings (SSSR count). The molecule has 1 saturated carbocycles. The zero-order valence-corrected chi connectivity index (χ0v) is 15.1. The van der Waals surface area contributed by atoms with Gasteiger partial charge in [-0.3, -0.25) is 0 Å². The Labute approximate surface area is 134 Å². The number of hydrogen-bond acceptors (Lipinski definition) is 4. The number of anilines is 1. The van der Waals surface area contributed by atoms with Crippen LogP contribution >= 0.6 is 11.3 Å². The lowest BCUT2D eigenvalue weighted by atomic mass is 10.1. The molecular weight excluding hydrogens is 278 g/mol. The Hall–Kier alpha value is -0.610. The molecule has 1 aromatic heterocycles. The van der Waals surface area contributed by atoms with E-state index in [1.807, 2.05) is 11.3 Å². The van der Waals surface area contributed by atoms with Gasteiger partial charge in [-0.25, -0.2) is 4.98 Å². The smallest absolute Gasteiger partial charge is 0.185 e. The summed E-state index contributed by atoms with van der Waals surface area (Å²) >= 11 is 1.89. The molecule has 1 aliphatic rings. The summed E-state index contributed by atoms with van der Waals surface area (Å²) in [6.45, 7) is 14.4. The van der Waals surface area contributed by atoms with E-state index in [2.05, 4.69) is 44.8 Å². The molecule has 4 heteroatoms. The molecule has 0 aliphatic heterocycles. The second kappa shape index (κ2) is 7.10. The van der Waals surface area contributed by atoms with Crippen LogP contribution in [0.3, 0.4) is 0 Å². The van der Waals surface area contributed by atoms with Crippen molar-refractivity contribution in [3.05, 3.63) is 10.6 Å². The lowest BCUT2D eigenvalue weighted by molar-refractivity contribution is 0.425. The van der Waals surface area contributed by atoms with Crippen molar-refractivity contribution in [2.24, 2.45) is 5.92 Å². The summed E-state index contributed by atoms with van der Waals surface area (Å²) in [6, 6.07) is 0. The van der Waals surface area contributed by atoms with Gasteiger partial charge in [-0.05, 0) is 52.4 Å². The molecule has 0 atom stereocenters. The van der Waals surface area contributed by atoms with Crippen LogP contribution in [-0.4, -0.2) is 23.6 Å². The monoisotopic (exact) mass is 309 g/mol. The van der Waals surface area contributed by atoms with E-state index < -0.39 is 0 Å². The standard InChI is InChI=1S/C17H31N3S/c1-6-10-20(12-13-8-9-13)16-19-14(7-2)15(21-16)11-18-17(3,4)5/h13,18H,6-12H2,1-5H3. The maximum Gasteiger partial charge on any atom is 0.185 e. The quantitative estimate of drug-likeness (QED) is 0.779. The van der Waals surface area contributed by atoms with E-state index in [1.54, 1.807) is 0 Å². The van der Waals surface area contributed by atoms with E-state index >= 15 is 0 Å². The van der Waals surface area contributed by atoms with Gasteiger partial charge in [0.1, 0.15) is 0 Å². The summed E-state index contributed by atoms with van der Waals surface area (Å²) in [5, 5.41) is 4.84. The Morgan fingerprint density at radius 3 is 2.52 bits per heavy atom. The minimum Gasteiger partial charge on any atom is -0.348 e. The van der Waals surface area contributed by atoms with E-state index in [4.69, 9.17) is 4.98 Å². The normalized spacial score (nSPS) is 15.5. The molecule has 1 aromatic rings. The lowest BCUT2D eigenvalue weighted by Gasteiger charge is -2.21. The zero-order chi connectivity index (χ0) is 15.5. The molecule has 120 valence electrons. The van der Waals surface area contributed by atoms with Crippen LogP contribution in [0.2, 0.25) is 0 Å². The lowest BCUT2D eigenvalue weighted by Crippen LogP contribution is -2.35. The summed E-state index contributed by atoms with van der Waals surface area (Å²) in [4.78, 5) is 8.87. The van der Waals surface area contributed by atoms with Crippen molar-refractivity contribution in [3.8, 4) is 0 Å². The summed E-state index contributed by atoms with van der Waals surface area (Å²) in [6.07, 6.45) is 5.04. The molecule has 0 aromatic carbocycles. The van der Waals surface area contributed by atoms with Crippen LogP contribution in [0.4, 0.5) is 5.13 Å². The summed E-state index contributed by atoms with van der Waals surface area (Å²) in [7, 11) is 0. The van der Waals surface area contributed by atoms with Crippen molar-refractivity contribution in [3.63, 3.8) is 0 Å². The van der Waals surface area contributed by atoms with Crippen LogP contribution in [0.25, 0.3) is 0 Å². The molecule has 1 fully saturated rings. The zero-order valence-electron chi connectivity index (χ0n) is 14.3. The van der Waals surface area contributed by atoms with Gasteiger partial charge >= 0.3 is 0 Å². The van der Waals surface area contributed by atoms with Crippen LogP contribution in [0.5, 0.6) is 0 Å². The van der Waals surface area contributed by atoms with Gasteiger partial charge in [-0.15, -0.1) is 11.3 Å². The van der Waals surface area contributed by atoms with E-state index in [0.29, 0.717) is 0 Å². The molecule has 0 bridgehead atoms. The van der Waals surface area contributed by atoms with Gasteiger partial charge in [0.05, 0.1) is 5.69 Å². The van der Waals surface area contributed by atoms with Gasteiger partial charge in [0, 0.05) is 30.1 Å². The van der Waals surface area contributed by atoms with Crippen molar-refractivity contribution in [2.75, 3.05) is 18.0 Å².